The van der Waals surface area contributed by atoms with Gasteiger partial charge in [0.25, 0.3) is 0 Å². The second-order valence-corrected chi connectivity index (χ2v) is 5.43. The monoisotopic (exact) mass is 276 g/mol. The number of sulfone groups is 1. The lowest BCUT2D eigenvalue weighted by molar-refractivity contribution is 0.215. The number of nitrogens with zero attached hydrogens (tertiary/aromatic N) is 2. The van der Waals surface area contributed by atoms with Gasteiger partial charge >= 0.3 is 0 Å². The molecule has 0 radical (unpaired) electrons. The Morgan fingerprint density at radius 3 is 2.06 bits per heavy atom. The zero-order valence-corrected chi connectivity index (χ0v) is 12.0. The van der Waals surface area contributed by atoms with Gasteiger partial charge in [0.15, 0.2) is 0 Å². The van der Waals surface area contributed by atoms with Crippen LogP contribution < -0.4 is 0 Å². The zero-order chi connectivity index (χ0) is 14.0. The van der Waals surface area contributed by atoms with Crippen molar-refractivity contribution >= 4 is 9.84 Å². The summed E-state index contributed by atoms with van der Waals surface area (Å²) in [6.45, 7) is 4.73. The van der Waals surface area contributed by atoms with Crippen molar-refractivity contribution in [1.82, 2.24) is 9.97 Å². The molecule has 0 atom stereocenters. The van der Waals surface area contributed by atoms with Crippen LogP contribution in [0.3, 0.4) is 0 Å². The third kappa shape index (κ3) is 6.63. The van der Waals surface area contributed by atoms with Gasteiger partial charge in [0.1, 0.15) is 0 Å². The first kappa shape index (κ1) is 16.9. The van der Waals surface area contributed by atoms with Gasteiger partial charge in [-0.15, -0.1) is 0 Å². The maximum Gasteiger partial charge on any atom is 0.247 e. The van der Waals surface area contributed by atoms with Gasteiger partial charge in [-0.3, -0.25) is 0 Å². The Morgan fingerprint density at radius 2 is 1.67 bits per heavy atom. The average molecular weight is 276 g/mol. The van der Waals surface area contributed by atoms with Crippen LogP contribution in [0.15, 0.2) is 17.6 Å². The van der Waals surface area contributed by atoms with Crippen molar-refractivity contribution in [2.75, 3.05) is 33.2 Å². The van der Waals surface area contributed by atoms with Gasteiger partial charge in [-0.2, -0.15) is 0 Å². The van der Waals surface area contributed by atoms with Crippen LogP contribution in [-0.2, 0) is 19.3 Å². The summed E-state index contributed by atoms with van der Waals surface area (Å²) in [7, 11) is -0.256. The van der Waals surface area contributed by atoms with Crippen LogP contribution in [0.5, 0.6) is 0 Å². The predicted octanol–water partition coefficient (Wildman–Crippen LogP) is 0.858. The highest BCUT2D eigenvalue weighted by Crippen LogP contribution is 2.04. The van der Waals surface area contributed by atoms with E-state index in [0.717, 1.165) is 12.2 Å². The van der Waals surface area contributed by atoms with E-state index in [1.807, 2.05) is 6.92 Å². The highest BCUT2D eigenvalue weighted by Gasteiger charge is 2.16. The Morgan fingerprint density at radius 1 is 1.17 bits per heavy atom. The van der Waals surface area contributed by atoms with Crippen LogP contribution in [0.4, 0.5) is 0 Å². The second-order valence-electron chi connectivity index (χ2n) is 3.43. The van der Waals surface area contributed by atoms with E-state index in [-0.39, 0.29) is 17.5 Å². The Kier molecular flexibility index (Phi) is 8.43. The zero-order valence-electron chi connectivity index (χ0n) is 11.2. The largest absolute Gasteiger partial charge is 0.385 e. The molecular formula is C11H20N2O4S. The smallest absolute Gasteiger partial charge is 0.247 e. The summed E-state index contributed by atoms with van der Waals surface area (Å²) < 4.78 is 32.2. The topological polar surface area (TPSA) is 78.4 Å². The maximum atomic E-state index is 11.5. The number of aryl methyl sites for hydroxylation is 1. The molecular weight excluding hydrogens is 256 g/mol. The van der Waals surface area contributed by atoms with Gasteiger partial charge in [0.05, 0.1) is 12.4 Å². The van der Waals surface area contributed by atoms with Crippen LogP contribution in [0, 0.1) is 6.92 Å². The minimum atomic E-state index is -3.39. The van der Waals surface area contributed by atoms with Gasteiger partial charge in [0, 0.05) is 33.2 Å². The molecule has 1 aromatic rings. The SMILES string of the molecule is CCOC.COCCS(=O)(=O)c1ncc(C)cn1. The van der Waals surface area contributed by atoms with Gasteiger partial charge in [-0.1, -0.05) is 0 Å². The van der Waals surface area contributed by atoms with E-state index in [9.17, 15) is 8.42 Å². The second kappa shape index (κ2) is 8.96. The predicted molar refractivity (Wildman–Crippen MR) is 68.2 cm³/mol. The van der Waals surface area contributed by atoms with Crippen molar-refractivity contribution < 1.29 is 17.9 Å². The third-order valence-corrected chi connectivity index (χ3v) is 3.35. The fraction of sp³-hybridized carbons (Fsp3) is 0.636. The molecule has 0 N–H and O–H groups in total. The Balaban J connectivity index is 0.000000631. The summed E-state index contributed by atoms with van der Waals surface area (Å²) in [6, 6.07) is 0. The summed E-state index contributed by atoms with van der Waals surface area (Å²) in [4.78, 5) is 7.50. The lowest BCUT2D eigenvalue weighted by Crippen LogP contribution is -2.14. The molecule has 0 spiro atoms. The van der Waals surface area contributed by atoms with E-state index in [1.165, 1.54) is 19.5 Å². The van der Waals surface area contributed by atoms with Gasteiger partial charge < -0.3 is 9.47 Å². The van der Waals surface area contributed by atoms with Crippen molar-refractivity contribution in [3.05, 3.63) is 18.0 Å². The number of rotatable bonds is 5. The van der Waals surface area contributed by atoms with Crippen LogP contribution >= 0.6 is 0 Å². The summed E-state index contributed by atoms with van der Waals surface area (Å²) in [6.07, 6.45) is 2.96. The Hall–Kier alpha value is -1.05. The summed E-state index contributed by atoms with van der Waals surface area (Å²) in [5.41, 5.74) is 0.829. The third-order valence-electron chi connectivity index (χ3n) is 1.88. The molecule has 1 heterocycles. The highest BCUT2D eigenvalue weighted by molar-refractivity contribution is 7.91. The van der Waals surface area contributed by atoms with Crippen molar-refractivity contribution in [2.45, 2.75) is 19.0 Å². The van der Waals surface area contributed by atoms with Crippen molar-refractivity contribution in [1.29, 1.82) is 0 Å². The van der Waals surface area contributed by atoms with E-state index in [1.54, 1.807) is 14.0 Å². The van der Waals surface area contributed by atoms with Gasteiger partial charge in [-0.25, -0.2) is 18.4 Å². The molecule has 0 fully saturated rings. The number of methoxy groups -OCH3 is 2. The Labute approximate surface area is 108 Å². The quantitative estimate of drug-likeness (QED) is 0.742. The van der Waals surface area contributed by atoms with Crippen molar-refractivity contribution in [3.63, 3.8) is 0 Å². The fourth-order valence-electron chi connectivity index (χ4n) is 0.826. The van der Waals surface area contributed by atoms with E-state index in [4.69, 9.17) is 0 Å². The molecule has 0 aliphatic carbocycles. The van der Waals surface area contributed by atoms with E-state index >= 15 is 0 Å². The van der Waals surface area contributed by atoms with E-state index in [2.05, 4.69) is 19.4 Å². The maximum absolute atomic E-state index is 11.5. The van der Waals surface area contributed by atoms with Gasteiger partial charge in [0.2, 0.25) is 15.0 Å². The normalized spacial score (nSPS) is 10.7. The fourth-order valence-corrected chi connectivity index (χ4v) is 1.82. The summed E-state index contributed by atoms with van der Waals surface area (Å²) >= 11 is 0. The first-order valence-corrected chi connectivity index (χ1v) is 7.12. The number of hydrogen-bond donors (Lipinski definition) is 0. The van der Waals surface area contributed by atoms with Crippen molar-refractivity contribution in [2.24, 2.45) is 0 Å². The minimum absolute atomic E-state index is 0.0907. The summed E-state index contributed by atoms with van der Waals surface area (Å²) in [5.74, 6) is -0.0907. The molecule has 1 aromatic heterocycles. The van der Waals surface area contributed by atoms with Crippen molar-refractivity contribution in [3.8, 4) is 0 Å². The lowest BCUT2D eigenvalue weighted by atomic mass is 10.4. The minimum Gasteiger partial charge on any atom is -0.385 e. The average Bonchev–Trinajstić information content (AvgIpc) is 2.37. The van der Waals surface area contributed by atoms with Gasteiger partial charge in [-0.05, 0) is 19.4 Å². The molecule has 0 unspecified atom stereocenters. The molecule has 6 nitrogen and oxygen atoms in total. The lowest BCUT2D eigenvalue weighted by Gasteiger charge is -2.01. The number of aromatic nitrogens is 2. The standard InChI is InChI=1S/C8H12N2O3S.C3H8O/c1-7-5-9-8(10-6-7)14(11,12)4-3-13-2;1-3-4-2/h5-6H,3-4H2,1-2H3;3H2,1-2H3. The number of ether oxygens (including phenoxy) is 2. The molecule has 0 saturated carbocycles. The molecule has 7 heteroatoms. The molecule has 0 saturated heterocycles. The first-order chi connectivity index (χ1) is 8.47. The molecule has 0 bridgehead atoms. The first-order valence-electron chi connectivity index (χ1n) is 5.47. The Bertz CT molecular complexity index is 415. The molecule has 0 aliphatic rings. The van der Waals surface area contributed by atoms with Crippen LogP contribution in [-0.4, -0.2) is 51.6 Å². The highest BCUT2D eigenvalue weighted by atomic mass is 32.2. The summed E-state index contributed by atoms with van der Waals surface area (Å²) in [5, 5.41) is -0.139. The van der Waals surface area contributed by atoms with Crippen LogP contribution in [0.25, 0.3) is 0 Å². The van der Waals surface area contributed by atoms with E-state index in [0.29, 0.717) is 0 Å². The van der Waals surface area contributed by atoms with Crippen LogP contribution in [0.2, 0.25) is 0 Å². The molecule has 0 aliphatic heterocycles. The molecule has 18 heavy (non-hydrogen) atoms. The van der Waals surface area contributed by atoms with E-state index < -0.39 is 9.84 Å². The van der Waals surface area contributed by atoms with Crippen LogP contribution in [0.1, 0.15) is 12.5 Å². The molecule has 0 amide bonds. The number of hydrogen-bond acceptors (Lipinski definition) is 6. The molecule has 1 rings (SSSR count). The molecule has 0 aromatic carbocycles. The molecule has 104 valence electrons.